The first-order chi connectivity index (χ1) is 14.5. The highest BCUT2D eigenvalue weighted by atomic mass is 35.5. The minimum atomic E-state index is 0.134. The van der Waals surface area contributed by atoms with Crippen LogP contribution in [0.2, 0.25) is 5.02 Å². The molecule has 1 saturated heterocycles. The van der Waals surface area contributed by atoms with Crippen molar-refractivity contribution >= 4 is 34.4 Å². The number of hydrogen-bond acceptors (Lipinski definition) is 7. The van der Waals surface area contributed by atoms with Crippen molar-refractivity contribution in [3.05, 3.63) is 35.2 Å². The fourth-order valence-electron chi connectivity index (χ4n) is 3.84. The highest BCUT2D eigenvalue weighted by Crippen LogP contribution is 2.32. The Kier molecular flexibility index (Phi) is 5.74. The highest BCUT2D eigenvalue weighted by Gasteiger charge is 2.25. The molecule has 4 rings (SSSR count). The minimum Gasteiger partial charge on any atom is -0.380 e. The zero-order valence-electron chi connectivity index (χ0n) is 17.0. The van der Waals surface area contributed by atoms with Gasteiger partial charge in [0.05, 0.1) is 34.5 Å². The third kappa shape index (κ3) is 3.78. The average molecular weight is 429 g/mol. The molecule has 158 valence electrons. The van der Waals surface area contributed by atoms with Crippen LogP contribution in [0.3, 0.4) is 0 Å². The lowest BCUT2D eigenvalue weighted by Gasteiger charge is -2.33. The number of fused-ring (bicyclic) bond motifs is 1. The van der Waals surface area contributed by atoms with Gasteiger partial charge in [-0.1, -0.05) is 24.9 Å². The predicted molar refractivity (Wildman–Crippen MR) is 119 cm³/mol. The fraction of sp³-hybridized carbons (Fsp3) is 0.400. The van der Waals surface area contributed by atoms with Gasteiger partial charge < -0.3 is 25.8 Å². The normalized spacial score (nSPS) is 17.6. The molecule has 0 aromatic carbocycles. The van der Waals surface area contributed by atoms with Crippen LogP contribution in [0.25, 0.3) is 22.3 Å². The SMILES string of the molecule is CCC[C@@H]1CN(c2nc3cc(/C(N)=N/N)nc(-c4cncc(Cl)c4)c3n2C)CCO1. The van der Waals surface area contributed by atoms with Crippen LogP contribution >= 0.6 is 11.6 Å². The lowest BCUT2D eigenvalue weighted by atomic mass is 10.1. The number of hydrazone groups is 1. The second kappa shape index (κ2) is 8.45. The molecule has 4 heterocycles. The molecule has 1 aliphatic heterocycles. The van der Waals surface area contributed by atoms with Crippen molar-refractivity contribution in [3.8, 4) is 11.3 Å². The summed E-state index contributed by atoms with van der Waals surface area (Å²) in [5, 5.41) is 4.12. The third-order valence-corrected chi connectivity index (χ3v) is 5.45. The Morgan fingerprint density at radius 1 is 1.33 bits per heavy atom. The van der Waals surface area contributed by atoms with Crippen LogP contribution in [0.15, 0.2) is 29.6 Å². The number of anilines is 1. The minimum absolute atomic E-state index is 0.134. The second-order valence-electron chi connectivity index (χ2n) is 7.33. The molecular weight excluding hydrogens is 404 g/mol. The molecule has 10 heteroatoms. The maximum atomic E-state index is 6.18. The lowest BCUT2D eigenvalue weighted by Crippen LogP contribution is -2.43. The van der Waals surface area contributed by atoms with Crippen LogP contribution < -0.4 is 16.5 Å². The zero-order chi connectivity index (χ0) is 21.3. The van der Waals surface area contributed by atoms with E-state index in [0.717, 1.165) is 48.5 Å². The molecule has 4 N–H and O–H groups in total. The molecule has 1 atom stereocenters. The Hall–Kier alpha value is -2.91. The summed E-state index contributed by atoms with van der Waals surface area (Å²) in [4.78, 5) is 16.1. The fourth-order valence-corrected chi connectivity index (χ4v) is 4.02. The summed E-state index contributed by atoms with van der Waals surface area (Å²) in [7, 11) is 1.98. The first-order valence-corrected chi connectivity index (χ1v) is 10.3. The average Bonchev–Trinajstić information content (AvgIpc) is 3.09. The van der Waals surface area contributed by atoms with Crippen molar-refractivity contribution in [2.45, 2.75) is 25.9 Å². The van der Waals surface area contributed by atoms with Crippen LogP contribution in [-0.2, 0) is 11.8 Å². The number of nitrogens with two attached hydrogens (primary N) is 2. The molecule has 3 aromatic rings. The van der Waals surface area contributed by atoms with Gasteiger partial charge in [-0.2, -0.15) is 5.10 Å². The summed E-state index contributed by atoms with van der Waals surface area (Å²) < 4.78 is 7.94. The van der Waals surface area contributed by atoms with Crippen LogP contribution in [0.1, 0.15) is 25.5 Å². The van der Waals surface area contributed by atoms with E-state index in [2.05, 4.69) is 21.9 Å². The van der Waals surface area contributed by atoms with E-state index < -0.39 is 0 Å². The molecule has 30 heavy (non-hydrogen) atoms. The molecule has 0 radical (unpaired) electrons. The van der Waals surface area contributed by atoms with Crippen LogP contribution in [-0.4, -0.2) is 51.2 Å². The van der Waals surface area contributed by atoms with Gasteiger partial charge in [-0.3, -0.25) is 4.98 Å². The summed E-state index contributed by atoms with van der Waals surface area (Å²) in [6.07, 6.45) is 5.60. The number of aromatic nitrogens is 4. The number of pyridine rings is 2. The van der Waals surface area contributed by atoms with E-state index in [1.165, 1.54) is 0 Å². The smallest absolute Gasteiger partial charge is 0.206 e. The van der Waals surface area contributed by atoms with Gasteiger partial charge in [-0.05, 0) is 18.6 Å². The Balaban J connectivity index is 1.88. The number of ether oxygens (including phenoxy) is 1. The molecule has 0 spiro atoms. The number of morpholine rings is 1. The topological polar surface area (TPSA) is 120 Å². The van der Waals surface area contributed by atoms with Gasteiger partial charge in [-0.15, -0.1) is 0 Å². The number of nitrogens with zero attached hydrogens (tertiary/aromatic N) is 6. The highest BCUT2D eigenvalue weighted by molar-refractivity contribution is 6.30. The molecular formula is C20H25ClN8O. The quantitative estimate of drug-likeness (QED) is 0.276. The molecule has 0 saturated carbocycles. The van der Waals surface area contributed by atoms with Crippen LogP contribution in [0, 0.1) is 0 Å². The lowest BCUT2D eigenvalue weighted by molar-refractivity contribution is 0.0341. The van der Waals surface area contributed by atoms with Gasteiger partial charge in [0.1, 0.15) is 5.69 Å². The van der Waals surface area contributed by atoms with Crippen molar-refractivity contribution in [1.29, 1.82) is 0 Å². The van der Waals surface area contributed by atoms with E-state index in [0.29, 0.717) is 23.0 Å². The largest absolute Gasteiger partial charge is 0.380 e. The molecule has 1 aliphatic rings. The van der Waals surface area contributed by atoms with E-state index in [4.69, 9.17) is 37.9 Å². The summed E-state index contributed by atoms with van der Waals surface area (Å²) in [5.74, 6) is 6.39. The molecule has 0 unspecified atom stereocenters. The van der Waals surface area contributed by atoms with Crippen molar-refractivity contribution in [1.82, 2.24) is 19.5 Å². The standard InChI is InChI=1S/C20H25ClN8O/c1-3-4-14-11-29(5-6-30-14)20-26-15-8-16(19(22)27-23)25-17(18(15)28(20)2)12-7-13(21)10-24-9-12/h7-10,14H,3-6,11,23H2,1-2H3,(H2,22,27)/t14-/m1/s1. The van der Waals surface area contributed by atoms with Gasteiger partial charge in [0.25, 0.3) is 0 Å². The zero-order valence-corrected chi connectivity index (χ0v) is 17.8. The van der Waals surface area contributed by atoms with Gasteiger partial charge in [0.15, 0.2) is 5.84 Å². The Morgan fingerprint density at radius 3 is 2.90 bits per heavy atom. The monoisotopic (exact) mass is 428 g/mol. The van der Waals surface area contributed by atoms with E-state index in [9.17, 15) is 0 Å². The van der Waals surface area contributed by atoms with Gasteiger partial charge in [0.2, 0.25) is 5.95 Å². The van der Waals surface area contributed by atoms with Crippen LogP contribution in [0.4, 0.5) is 5.95 Å². The third-order valence-electron chi connectivity index (χ3n) is 5.24. The summed E-state index contributed by atoms with van der Waals surface area (Å²) in [5.41, 5.74) is 9.46. The van der Waals surface area contributed by atoms with E-state index in [-0.39, 0.29) is 11.9 Å². The van der Waals surface area contributed by atoms with Crippen LogP contribution in [0.5, 0.6) is 0 Å². The first-order valence-electron chi connectivity index (χ1n) is 9.90. The molecule has 0 bridgehead atoms. The van der Waals surface area contributed by atoms with Crippen molar-refractivity contribution in [3.63, 3.8) is 0 Å². The second-order valence-corrected chi connectivity index (χ2v) is 7.76. The predicted octanol–water partition coefficient (Wildman–Crippen LogP) is 2.27. The number of aryl methyl sites for hydroxylation is 1. The maximum Gasteiger partial charge on any atom is 0.206 e. The number of imidazole rings is 1. The van der Waals surface area contributed by atoms with E-state index in [1.54, 1.807) is 18.5 Å². The van der Waals surface area contributed by atoms with Crippen molar-refractivity contribution in [2.75, 3.05) is 24.6 Å². The van der Waals surface area contributed by atoms with Gasteiger partial charge in [-0.25, -0.2) is 9.97 Å². The Bertz CT molecular complexity index is 1090. The van der Waals surface area contributed by atoms with E-state index >= 15 is 0 Å². The molecule has 0 amide bonds. The summed E-state index contributed by atoms with van der Waals surface area (Å²) >= 11 is 6.18. The number of halogens is 1. The van der Waals surface area contributed by atoms with Crippen molar-refractivity contribution in [2.24, 2.45) is 23.7 Å². The summed E-state index contributed by atoms with van der Waals surface area (Å²) in [6, 6.07) is 3.62. The van der Waals surface area contributed by atoms with Crippen molar-refractivity contribution < 1.29 is 4.74 Å². The maximum absolute atomic E-state index is 6.18. The number of amidine groups is 1. The first kappa shape index (κ1) is 20.4. The molecule has 9 nitrogen and oxygen atoms in total. The number of hydrogen-bond donors (Lipinski definition) is 2. The van der Waals surface area contributed by atoms with E-state index in [1.807, 2.05) is 17.7 Å². The molecule has 1 fully saturated rings. The Labute approximate surface area is 179 Å². The van der Waals surface area contributed by atoms with Gasteiger partial charge >= 0.3 is 0 Å². The molecule has 3 aromatic heterocycles. The Morgan fingerprint density at radius 2 is 2.17 bits per heavy atom. The number of rotatable bonds is 5. The summed E-state index contributed by atoms with van der Waals surface area (Å²) in [6.45, 7) is 4.42. The van der Waals surface area contributed by atoms with Gasteiger partial charge in [0, 0.05) is 38.1 Å². The molecule has 0 aliphatic carbocycles.